The van der Waals surface area contributed by atoms with Crippen LogP contribution in [0.3, 0.4) is 0 Å². The van der Waals surface area contributed by atoms with E-state index in [4.69, 9.17) is 0 Å². The third-order valence-electron chi connectivity index (χ3n) is 3.52. The zero-order valence-electron chi connectivity index (χ0n) is 9.78. The highest BCUT2D eigenvalue weighted by atomic mass is 32.1. The number of thiazole rings is 1. The minimum atomic E-state index is 0.622. The molecule has 1 aliphatic carbocycles. The molecule has 3 nitrogen and oxygen atoms in total. The van der Waals surface area contributed by atoms with Crippen molar-refractivity contribution in [2.24, 2.45) is 0 Å². The first-order chi connectivity index (χ1) is 7.85. The van der Waals surface area contributed by atoms with E-state index in [1.165, 1.54) is 38.0 Å². The molecule has 0 bridgehead atoms. The van der Waals surface area contributed by atoms with Crippen LogP contribution >= 0.6 is 11.3 Å². The maximum atomic E-state index is 4.57. The van der Waals surface area contributed by atoms with E-state index >= 15 is 0 Å². The van der Waals surface area contributed by atoms with Crippen molar-refractivity contribution in [2.75, 3.05) is 18.4 Å². The summed E-state index contributed by atoms with van der Waals surface area (Å²) < 4.78 is 0. The van der Waals surface area contributed by atoms with Crippen molar-refractivity contribution in [2.45, 2.75) is 44.7 Å². The van der Waals surface area contributed by atoms with Crippen molar-refractivity contribution in [3.05, 3.63) is 11.1 Å². The predicted molar refractivity (Wildman–Crippen MR) is 68.1 cm³/mol. The molecule has 1 aromatic rings. The monoisotopic (exact) mass is 237 g/mol. The Morgan fingerprint density at radius 3 is 3.06 bits per heavy atom. The van der Waals surface area contributed by atoms with Crippen molar-refractivity contribution in [3.8, 4) is 0 Å². The Bertz CT molecular complexity index is 359. The Hall–Kier alpha value is -0.610. The first kappa shape index (κ1) is 10.5. The Morgan fingerprint density at radius 1 is 1.50 bits per heavy atom. The molecule has 0 spiro atoms. The van der Waals surface area contributed by atoms with Gasteiger partial charge in [-0.3, -0.25) is 4.90 Å². The predicted octanol–water partition coefficient (Wildman–Crippen LogP) is 2.35. The number of aromatic nitrogens is 1. The van der Waals surface area contributed by atoms with Gasteiger partial charge in [0.2, 0.25) is 0 Å². The highest BCUT2D eigenvalue weighted by Gasteiger charge is 2.34. The lowest BCUT2D eigenvalue weighted by molar-refractivity contribution is 0.326. The quantitative estimate of drug-likeness (QED) is 0.871. The standard InChI is InChI=1S/C12H19N3S/c1-2-9-8-16-12(13-9)14-10-5-6-15(7-10)11-3-4-11/h8,10-11H,2-7H2,1H3,(H,13,14). The summed E-state index contributed by atoms with van der Waals surface area (Å²) in [5, 5.41) is 6.85. The highest BCUT2D eigenvalue weighted by Crippen LogP contribution is 2.30. The molecule has 16 heavy (non-hydrogen) atoms. The van der Waals surface area contributed by atoms with Gasteiger partial charge < -0.3 is 5.32 Å². The maximum Gasteiger partial charge on any atom is 0.183 e. The van der Waals surface area contributed by atoms with Crippen LogP contribution in [0.4, 0.5) is 5.13 Å². The van der Waals surface area contributed by atoms with Gasteiger partial charge in [-0.1, -0.05) is 6.92 Å². The zero-order chi connectivity index (χ0) is 11.0. The average Bonchev–Trinajstić information content (AvgIpc) is 2.88. The smallest absolute Gasteiger partial charge is 0.183 e. The molecule has 0 radical (unpaired) electrons. The number of likely N-dealkylation sites (tertiary alicyclic amines) is 1. The van der Waals surface area contributed by atoms with Gasteiger partial charge in [-0.2, -0.15) is 0 Å². The molecule has 1 unspecified atom stereocenters. The number of hydrogen-bond donors (Lipinski definition) is 1. The average molecular weight is 237 g/mol. The minimum Gasteiger partial charge on any atom is -0.357 e. The van der Waals surface area contributed by atoms with Gasteiger partial charge in [-0.05, 0) is 25.7 Å². The van der Waals surface area contributed by atoms with Crippen molar-refractivity contribution >= 4 is 16.5 Å². The van der Waals surface area contributed by atoms with Crippen LogP contribution in [0, 0.1) is 0 Å². The van der Waals surface area contributed by atoms with E-state index < -0.39 is 0 Å². The molecule has 1 saturated carbocycles. The lowest BCUT2D eigenvalue weighted by Gasteiger charge is -2.15. The van der Waals surface area contributed by atoms with Gasteiger partial charge >= 0.3 is 0 Å². The largest absolute Gasteiger partial charge is 0.357 e. The Kier molecular flexibility index (Phi) is 2.86. The number of nitrogens with one attached hydrogen (secondary N) is 1. The first-order valence-electron chi connectivity index (χ1n) is 6.30. The number of hydrogen-bond acceptors (Lipinski definition) is 4. The molecule has 1 aliphatic heterocycles. The second-order valence-electron chi connectivity index (χ2n) is 4.85. The van der Waals surface area contributed by atoms with Crippen molar-refractivity contribution in [3.63, 3.8) is 0 Å². The SMILES string of the molecule is CCc1csc(NC2CCN(C3CC3)C2)n1. The second kappa shape index (κ2) is 4.34. The van der Waals surface area contributed by atoms with Crippen LogP contribution in [0.2, 0.25) is 0 Å². The summed E-state index contributed by atoms with van der Waals surface area (Å²) in [5.74, 6) is 0. The fourth-order valence-corrected chi connectivity index (χ4v) is 3.26. The van der Waals surface area contributed by atoms with Crippen LogP contribution in [0.25, 0.3) is 0 Å². The minimum absolute atomic E-state index is 0.622. The number of anilines is 1. The molecule has 4 heteroatoms. The van der Waals surface area contributed by atoms with Gasteiger partial charge in [0.15, 0.2) is 5.13 Å². The molecular weight excluding hydrogens is 218 g/mol. The molecule has 0 amide bonds. The van der Waals surface area contributed by atoms with E-state index in [0.29, 0.717) is 6.04 Å². The summed E-state index contributed by atoms with van der Waals surface area (Å²) in [6.45, 7) is 4.64. The van der Waals surface area contributed by atoms with Gasteiger partial charge in [0, 0.05) is 30.6 Å². The fraction of sp³-hybridized carbons (Fsp3) is 0.750. The van der Waals surface area contributed by atoms with Crippen molar-refractivity contribution in [1.29, 1.82) is 0 Å². The molecule has 3 rings (SSSR count). The Labute approximate surface area is 101 Å². The van der Waals surface area contributed by atoms with Crippen molar-refractivity contribution in [1.82, 2.24) is 9.88 Å². The summed E-state index contributed by atoms with van der Waals surface area (Å²) >= 11 is 1.75. The normalized spacial score (nSPS) is 26.2. The molecular formula is C12H19N3S. The molecule has 2 aliphatic rings. The number of nitrogens with zero attached hydrogens (tertiary/aromatic N) is 2. The molecule has 2 fully saturated rings. The van der Waals surface area contributed by atoms with Gasteiger partial charge in [0.1, 0.15) is 0 Å². The van der Waals surface area contributed by atoms with Crippen LogP contribution in [0.1, 0.15) is 31.9 Å². The van der Waals surface area contributed by atoms with Crippen LogP contribution in [-0.4, -0.2) is 35.1 Å². The van der Waals surface area contributed by atoms with Crippen molar-refractivity contribution < 1.29 is 0 Å². The van der Waals surface area contributed by atoms with E-state index in [2.05, 4.69) is 27.5 Å². The van der Waals surface area contributed by atoms with E-state index in [0.717, 1.165) is 17.6 Å². The Morgan fingerprint density at radius 2 is 2.38 bits per heavy atom. The lowest BCUT2D eigenvalue weighted by atomic mass is 10.3. The summed E-state index contributed by atoms with van der Waals surface area (Å²) in [6, 6.07) is 1.53. The molecule has 1 saturated heterocycles. The molecule has 0 aromatic carbocycles. The Balaban J connectivity index is 1.54. The van der Waals surface area contributed by atoms with E-state index in [1.54, 1.807) is 11.3 Å². The van der Waals surface area contributed by atoms with Crippen LogP contribution in [-0.2, 0) is 6.42 Å². The second-order valence-corrected chi connectivity index (χ2v) is 5.71. The highest BCUT2D eigenvalue weighted by molar-refractivity contribution is 7.13. The topological polar surface area (TPSA) is 28.2 Å². The molecule has 1 aromatic heterocycles. The zero-order valence-corrected chi connectivity index (χ0v) is 10.6. The maximum absolute atomic E-state index is 4.57. The van der Waals surface area contributed by atoms with Gasteiger partial charge in [-0.15, -0.1) is 11.3 Å². The summed E-state index contributed by atoms with van der Waals surface area (Å²) in [4.78, 5) is 7.20. The molecule has 1 atom stereocenters. The first-order valence-corrected chi connectivity index (χ1v) is 7.18. The molecule has 1 N–H and O–H groups in total. The van der Waals surface area contributed by atoms with Crippen LogP contribution in [0.15, 0.2) is 5.38 Å². The lowest BCUT2D eigenvalue weighted by Crippen LogP contribution is -2.27. The van der Waals surface area contributed by atoms with Gasteiger partial charge in [0.25, 0.3) is 0 Å². The van der Waals surface area contributed by atoms with Gasteiger partial charge in [-0.25, -0.2) is 4.98 Å². The van der Waals surface area contributed by atoms with E-state index in [1.807, 2.05) is 0 Å². The fourth-order valence-electron chi connectivity index (χ4n) is 2.39. The summed E-state index contributed by atoms with van der Waals surface area (Å²) in [6.07, 6.45) is 5.16. The molecule has 2 heterocycles. The number of aryl methyl sites for hydroxylation is 1. The van der Waals surface area contributed by atoms with E-state index in [-0.39, 0.29) is 0 Å². The third-order valence-corrected chi connectivity index (χ3v) is 4.35. The summed E-state index contributed by atoms with van der Waals surface area (Å²) in [7, 11) is 0. The van der Waals surface area contributed by atoms with Crippen LogP contribution < -0.4 is 5.32 Å². The molecule has 88 valence electrons. The van der Waals surface area contributed by atoms with E-state index in [9.17, 15) is 0 Å². The third kappa shape index (κ3) is 2.23. The van der Waals surface area contributed by atoms with Gasteiger partial charge in [0.05, 0.1) is 5.69 Å². The number of rotatable bonds is 4. The summed E-state index contributed by atoms with van der Waals surface area (Å²) in [5.41, 5.74) is 1.21. The van der Waals surface area contributed by atoms with Crippen LogP contribution in [0.5, 0.6) is 0 Å².